The van der Waals surface area contributed by atoms with Crippen molar-refractivity contribution in [2.24, 2.45) is 5.73 Å². The molecule has 4 N–H and O–H groups in total. The minimum absolute atomic E-state index is 0.00432. The highest BCUT2D eigenvalue weighted by atomic mass is 16.3. The molecule has 2 aromatic carbocycles. The van der Waals surface area contributed by atoms with Crippen molar-refractivity contribution in [1.82, 2.24) is 14.5 Å². The molecular weight excluding hydrogens is 410 g/mol. The molecule has 6 nitrogen and oxygen atoms in total. The van der Waals surface area contributed by atoms with Gasteiger partial charge in [0.05, 0.1) is 17.6 Å². The summed E-state index contributed by atoms with van der Waals surface area (Å²) >= 11 is 0. The second kappa shape index (κ2) is 11.8. The van der Waals surface area contributed by atoms with Gasteiger partial charge in [-0.2, -0.15) is 0 Å². The number of benzene rings is 2. The molecule has 0 aliphatic carbocycles. The van der Waals surface area contributed by atoms with Crippen LogP contribution in [0, 0.1) is 0 Å². The molecule has 0 spiro atoms. The molecule has 2 heterocycles. The van der Waals surface area contributed by atoms with Crippen molar-refractivity contribution in [3.63, 3.8) is 0 Å². The number of aliphatic hydroxyl groups excluding tert-OH is 1. The van der Waals surface area contributed by atoms with E-state index in [1.165, 1.54) is 5.56 Å². The summed E-state index contributed by atoms with van der Waals surface area (Å²) in [5, 5.41) is 13.9. The first kappa shape index (κ1) is 24.7. The van der Waals surface area contributed by atoms with Gasteiger partial charge in [-0.15, -0.1) is 0 Å². The Morgan fingerprint density at radius 2 is 1.67 bits per heavy atom. The molecule has 6 heteroatoms. The number of nitrogens with zero attached hydrogens (tertiary/aromatic N) is 3. The number of hydrogen-bond donors (Lipinski definition) is 3. The number of unbranched alkanes of at least 4 members (excludes halogenated alkanes) is 1. The van der Waals surface area contributed by atoms with Gasteiger partial charge >= 0.3 is 0 Å². The quantitative estimate of drug-likeness (QED) is 0.329. The van der Waals surface area contributed by atoms with Crippen molar-refractivity contribution in [2.75, 3.05) is 12.4 Å². The van der Waals surface area contributed by atoms with Crippen LogP contribution in [0.25, 0.3) is 21.9 Å². The fourth-order valence-electron chi connectivity index (χ4n) is 4.10. The maximum absolute atomic E-state index is 9.57. The normalized spacial score (nSPS) is 11.0. The number of aliphatic hydroxyl groups is 1. The van der Waals surface area contributed by atoms with E-state index < -0.39 is 0 Å². The van der Waals surface area contributed by atoms with Crippen molar-refractivity contribution < 1.29 is 5.11 Å². The van der Waals surface area contributed by atoms with E-state index in [0.717, 1.165) is 76.9 Å². The zero-order chi connectivity index (χ0) is 23.8. The molecule has 0 aliphatic rings. The third kappa shape index (κ3) is 5.34. The van der Waals surface area contributed by atoms with Gasteiger partial charge in [0.15, 0.2) is 5.82 Å². The Labute approximate surface area is 196 Å². The maximum atomic E-state index is 9.57. The lowest BCUT2D eigenvalue weighted by molar-refractivity contribution is 0.282. The zero-order valence-electron chi connectivity index (χ0n) is 20.4. The largest absolute Gasteiger partial charge is 0.392 e. The van der Waals surface area contributed by atoms with Crippen LogP contribution >= 0.6 is 0 Å². The molecule has 4 rings (SSSR count). The lowest BCUT2D eigenvalue weighted by atomic mass is 10.1. The lowest BCUT2D eigenvalue weighted by Crippen LogP contribution is -2.07. The van der Waals surface area contributed by atoms with Gasteiger partial charge in [0.1, 0.15) is 11.3 Å². The first-order valence-corrected chi connectivity index (χ1v) is 12.1. The predicted molar refractivity (Wildman–Crippen MR) is 139 cm³/mol. The molecule has 0 aliphatic heterocycles. The van der Waals surface area contributed by atoms with Crippen molar-refractivity contribution in [3.8, 4) is 0 Å². The Balaban J connectivity index is 0.00000149. The van der Waals surface area contributed by atoms with Gasteiger partial charge in [-0.1, -0.05) is 63.6 Å². The Kier molecular flexibility index (Phi) is 8.80. The second-order valence-corrected chi connectivity index (χ2v) is 7.97. The lowest BCUT2D eigenvalue weighted by Gasteiger charge is -2.12. The van der Waals surface area contributed by atoms with Crippen LogP contribution in [-0.2, 0) is 32.5 Å². The number of imidazole rings is 1. The Morgan fingerprint density at radius 1 is 0.970 bits per heavy atom. The molecule has 0 bridgehead atoms. The summed E-state index contributed by atoms with van der Waals surface area (Å²) in [6.45, 7) is 7.62. The molecule has 0 fully saturated rings. The molecule has 4 aromatic rings. The topological polar surface area (TPSA) is 89.0 Å². The van der Waals surface area contributed by atoms with Crippen LogP contribution in [0.2, 0.25) is 0 Å². The highest BCUT2D eigenvalue weighted by Gasteiger charge is 2.18. The molecule has 0 amide bonds. The second-order valence-electron chi connectivity index (χ2n) is 7.97. The number of anilines is 1. The predicted octanol–water partition coefficient (Wildman–Crippen LogP) is 5.19. The van der Waals surface area contributed by atoms with E-state index >= 15 is 0 Å². The number of rotatable bonds is 9. The van der Waals surface area contributed by atoms with Crippen LogP contribution in [0.1, 0.15) is 56.1 Å². The summed E-state index contributed by atoms with van der Waals surface area (Å²) in [5.74, 6) is 1.88. The van der Waals surface area contributed by atoms with E-state index in [4.69, 9.17) is 15.7 Å². The fourth-order valence-corrected chi connectivity index (χ4v) is 4.10. The smallest absolute Gasteiger partial charge is 0.154 e. The van der Waals surface area contributed by atoms with Gasteiger partial charge in [0.2, 0.25) is 0 Å². The minimum Gasteiger partial charge on any atom is -0.392 e. The molecule has 0 radical (unpaired) electrons. The number of nitrogens with one attached hydrogen (secondary N) is 1. The third-order valence-electron chi connectivity index (χ3n) is 5.88. The third-order valence-corrected chi connectivity index (χ3v) is 5.88. The van der Waals surface area contributed by atoms with Gasteiger partial charge in [0.25, 0.3) is 0 Å². The highest BCUT2D eigenvalue weighted by Crippen LogP contribution is 2.31. The number of fused-ring (bicyclic) bond motifs is 3. The molecule has 33 heavy (non-hydrogen) atoms. The summed E-state index contributed by atoms with van der Waals surface area (Å²) in [6.07, 6.45) is 4.09. The van der Waals surface area contributed by atoms with Gasteiger partial charge in [-0.3, -0.25) is 0 Å². The first-order chi connectivity index (χ1) is 16.2. The summed E-state index contributed by atoms with van der Waals surface area (Å²) in [7, 11) is 1.88. The van der Waals surface area contributed by atoms with E-state index in [1.807, 2.05) is 33.0 Å². The molecule has 0 saturated heterocycles. The van der Waals surface area contributed by atoms with Crippen LogP contribution in [-0.4, -0.2) is 26.7 Å². The summed E-state index contributed by atoms with van der Waals surface area (Å²) < 4.78 is 2.37. The first-order valence-electron chi connectivity index (χ1n) is 12.1. The molecule has 2 aromatic heterocycles. The van der Waals surface area contributed by atoms with E-state index in [2.05, 4.69) is 47.1 Å². The SMILES string of the molecule is CC.CCCCc1nc2c(NC)nc3cc(CO)ccc3c2n1CCc1ccc(CN)cc1. The molecular formula is C27H37N5O. The number of aromatic nitrogens is 3. The number of pyridine rings is 1. The van der Waals surface area contributed by atoms with Crippen molar-refractivity contribution >= 4 is 27.8 Å². The van der Waals surface area contributed by atoms with Gasteiger partial charge in [-0.25, -0.2) is 9.97 Å². The van der Waals surface area contributed by atoms with Crippen LogP contribution in [0.15, 0.2) is 42.5 Å². The average Bonchev–Trinajstić information content (AvgIpc) is 3.25. The maximum Gasteiger partial charge on any atom is 0.154 e. The van der Waals surface area contributed by atoms with Crippen LogP contribution in [0.4, 0.5) is 5.82 Å². The zero-order valence-corrected chi connectivity index (χ0v) is 20.4. The average molecular weight is 448 g/mol. The molecule has 0 unspecified atom stereocenters. The van der Waals surface area contributed by atoms with Crippen LogP contribution in [0.5, 0.6) is 0 Å². The van der Waals surface area contributed by atoms with Gasteiger partial charge in [0, 0.05) is 31.9 Å². The van der Waals surface area contributed by atoms with Gasteiger partial charge < -0.3 is 20.7 Å². The van der Waals surface area contributed by atoms with Crippen LogP contribution < -0.4 is 11.1 Å². The van der Waals surface area contributed by atoms with Crippen molar-refractivity contribution in [2.45, 2.75) is 66.2 Å². The summed E-state index contributed by atoms with van der Waals surface area (Å²) in [4.78, 5) is 9.82. The van der Waals surface area contributed by atoms with Crippen molar-refractivity contribution in [3.05, 3.63) is 65.0 Å². The minimum atomic E-state index is 0.00432. The summed E-state index contributed by atoms with van der Waals surface area (Å²) in [5.41, 5.74) is 11.9. The van der Waals surface area contributed by atoms with Crippen LogP contribution in [0.3, 0.4) is 0 Å². The highest BCUT2D eigenvalue weighted by molar-refractivity contribution is 6.07. The number of aryl methyl sites for hydroxylation is 3. The Hall–Kier alpha value is -2.96. The Bertz CT molecular complexity index is 1180. The van der Waals surface area contributed by atoms with E-state index in [9.17, 15) is 5.11 Å². The van der Waals surface area contributed by atoms with Gasteiger partial charge in [-0.05, 0) is 35.6 Å². The molecule has 0 atom stereocenters. The molecule has 0 saturated carbocycles. The Morgan fingerprint density at radius 3 is 2.30 bits per heavy atom. The van der Waals surface area contributed by atoms with E-state index in [1.54, 1.807) is 0 Å². The standard InChI is InChI=1S/C25H31N5O.C2H6/c1-3-4-5-22-29-23-24(30(22)13-12-17-6-8-18(15-26)9-7-17)20-11-10-19(16-31)14-21(20)28-25(23)27-2;1-2/h6-11,14,31H,3-5,12-13,15-16,26H2,1-2H3,(H,27,28);1-2H3. The van der Waals surface area contributed by atoms with E-state index in [-0.39, 0.29) is 6.61 Å². The number of nitrogens with two attached hydrogens (primary N) is 1. The van der Waals surface area contributed by atoms with Crippen molar-refractivity contribution in [1.29, 1.82) is 0 Å². The number of hydrogen-bond acceptors (Lipinski definition) is 5. The monoisotopic (exact) mass is 447 g/mol. The fraction of sp³-hybridized carbons (Fsp3) is 0.407. The summed E-state index contributed by atoms with van der Waals surface area (Å²) in [6, 6.07) is 14.5. The van der Waals surface area contributed by atoms with E-state index in [0.29, 0.717) is 6.54 Å². The molecule has 176 valence electrons.